The average Bonchev–Trinajstić information content (AvgIpc) is 2.69. The number of nitrogens with zero attached hydrogens (tertiary/aromatic N) is 2. The molecule has 1 amide bonds. The molecule has 0 aromatic rings. The van der Waals surface area contributed by atoms with Gasteiger partial charge in [-0.1, -0.05) is 20.8 Å². The van der Waals surface area contributed by atoms with Crippen LogP contribution in [0.1, 0.15) is 48.5 Å². The van der Waals surface area contributed by atoms with Crippen molar-refractivity contribution in [1.82, 2.24) is 9.80 Å². The summed E-state index contributed by atoms with van der Waals surface area (Å²) in [4.78, 5) is 16.3. The van der Waals surface area contributed by atoms with Gasteiger partial charge in [0.25, 0.3) is 0 Å². The van der Waals surface area contributed by atoms with Crippen LogP contribution in [0.15, 0.2) is 0 Å². The van der Waals surface area contributed by atoms with Crippen molar-refractivity contribution in [1.29, 1.82) is 0 Å². The summed E-state index contributed by atoms with van der Waals surface area (Å²) < 4.78 is 29.2. The Hall–Kier alpha value is -0.620. The number of ether oxygens (including phenoxy) is 1. The van der Waals surface area contributed by atoms with Gasteiger partial charge >= 0.3 is 13.7 Å². The minimum atomic E-state index is -3.46. The van der Waals surface area contributed by atoms with E-state index in [9.17, 15) is 9.36 Å². The Morgan fingerprint density at radius 2 is 1.58 bits per heavy atom. The van der Waals surface area contributed by atoms with Gasteiger partial charge in [0.05, 0.1) is 12.7 Å². The molecule has 0 aromatic carbocycles. The van der Waals surface area contributed by atoms with Crippen molar-refractivity contribution < 1.29 is 23.1 Å². The standard InChI is InChI=1S/C16H33N2O5P/c1-14(2,3)12-17(8)16(7,24(20,21-9)22-10)11-18(12)13(19)23-15(4,5)6/h12H,11H2,1-10H3/t12-,16+/m1/s1. The fourth-order valence-electron chi connectivity index (χ4n) is 3.27. The first kappa shape index (κ1) is 21.4. The van der Waals surface area contributed by atoms with Crippen LogP contribution >= 0.6 is 7.60 Å². The molecule has 8 heteroatoms. The number of likely N-dealkylation sites (N-methyl/N-ethyl adjacent to an activating group) is 1. The van der Waals surface area contributed by atoms with Crippen LogP contribution in [0.25, 0.3) is 0 Å². The molecular weight excluding hydrogens is 331 g/mol. The third kappa shape index (κ3) is 3.79. The second-order valence-corrected chi connectivity index (χ2v) is 11.2. The number of carbonyl (C=O) groups excluding carboxylic acids is 1. The number of hydrogen-bond acceptors (Lipinski definition) is 6. The van der Waals surface area contributed by atoms with E-state index in [0.29, 0.717) is 0 Å². The SMILES string of the molecule is COP(=O)(OC)[C@@]1(C)CN(C(=O)OC(C)(C)C)[C@H](C(C)(C)C)N1C. The van der Waals surface area contributed by atoms with E-state index in [1.54, 1.807) is 11.8 Å². The average molecular weight is 364 g/mol. The van der Waals surface area contributed by atoms with Crippen molar-refractivity contribution in [3.63, 3.8) is 0 Å². The van der Waals surface area contributed by atoms with Crippen LogP contribution in [0.5, 0.6) is 0 Å². The summed E-state index contributed by atoms with van der Waals surface area (Å²) in [5, 5.41) is -0.967. The molecule has 0 radical (unpaired) electrons. The van der Waals surface area contributed by atoms with Gasteiger partial charge in [-0.3, -0.25) is 14.4 Å². The molecule has 1 aliphatic rings. The summed E-state index contributed by atoms with van der Waals surface area (Å²) in [6, 6.07) is 0. The van der Waals surface area contributed by atoms with Gasteiger partial charge in [-0.05, 0) is 40.2 Å². The minimum Gasteiger partial charge on any atom is -0.444 e. The van der Waals surface area contributed by atoms with E-state index in [0.717, 1.165) is 0 Å². The second kappa shape index (κ2) is 6.60. The highest BCUT2D eigenvalue weighted by atomic mass is 31.2. The number of hydrogen-bond donors (Lipinski definition) is 0. The highest BCUT2D eigenvalue weighted by Gasteiger charge is 2.61. The zero-order valence-corrected chi connectivity index (χ0v) is 17.6. The molecule has 142 valence electrons. The van der Waals surface area contributed by atoms with Crippen LogP contribution in [0.3, 0.4) is 0 Å². The Morgan fingerprint density at radius 3 is 1.92 bits per heavy atom. The predicted molar refractivity (Wildman–Crippen MR) is 94.0 cm³/mol. The largest absolute Gasteiger partial charge is 0.444 e. The molecule has 0 N–H and O–H groups in total. The monoisotopic (exact) mass is 364 g/mol. The first-order valence-corrected chi connectivity index (χ1v) is 9.61. The number of carbonyl (C=O) groups is 1. The molecule has 1 aliphatic heterocycles. The maximum absolute atomic E-state index is 13.1. The molecule has 24 heavy (non-hydrogen) atoms. The van der Waals surface area contributed by atoms with Crippen LogP contribution in [0, 0.1) is 5.41 Å². The molecule has 0 saturated carbocycles. The summed E-state index contributed by atoms with van der Waals surface area (Å²) in [7, 11) is 1.12. The van der Waals surface area contributed by atoms with Crippen molar-refractivity contribution in [2.75, 3.05) is 27.8 Å². The van der Waals surface area contributed by atoms with Gasteiger partial charge in [0.2, 0.25) is 0 Å². The van der Waals surface area contributed by atoms with E-state index >= 15 is 0 Å². The fourth-order valence-corrected chi connectivity index (χ4v) is 5.03. The van der Waals surface area contributed by atoms with Gasteiger partial charge < -0.3 is 13.8 Å². The van der Waals surface area contributed by atoms with Gasteiger partial charge in [0.1, 0.15) is 10.9 Å². The van der Waals surface area contributed by atoms with Gasteiger partial charge in [0, 0.05) is 14.2 Å². The van der Waals surface area contributed by atoms with E-state index in [-0.39, 0.29) is 18.1 Å². The Bertz CT molecular complexity index is 518. The predicted octanol–water partition coefficient (Wildman–Crippen LogP) is 3.74. The number of rotatable bonds is 3. The Labute approximate surface area is 146 Å². The molecule has 0 unspecified atom stereocenters. The summed E-state index contributed by atoms with van der Waals surface area (Å²) in [6.07, 6.45) is -0.743. The topological polar surface area (TPSA) is 68.3 Å². The quantitative estimate of drug-likeness (QED) is 0.711. The zero-order chi connectivity index (χ0) is 19.1. The first-order valence-electron chi connectivity index (χ1n) is 8.07. The molecule has 1 heterocycles. The molecule has 0 spiro atoms. The van der Waals surface area contributed by atoms with Gasteiger partial charge in [-0.15, -0.1) is 0 Å². The molecular formula is C16H33N2O5P. The fraction of sp³-hybridized carbons (Fsp3) is 0.938. The molecule has 0 aliphatic carbocycles. The minimum absolute atomic E-state index is 0.194. The van der Waals surface area contributed by atoms with E-state index in [1.165, 1.54) is 14.2 Å². The van der Waals surface area contributed by atoms with E-state index in [2.05, 4.69) is 0 Å². The Morgan fingerprint density at radius 1 is 1.12 bits per heavy atom. The Balaban J connectivity index is 3.35. The second-order valence-electron chi connectivity index (χ2n) is 8.54. The highest BCUT2D eigenvalue weighted by molar-refractivity contribution is 7.55. The third-order valence-electron chi connectivity index (χ3n) is 4.37. The van der Waals surface area contributed by atoms with Crippen molar-refractivity contribution >= 4 is 13.7 Å². The lowest BCUT2D eigenvalue weighted by Crippen LogP contribution is -2.51. The summed E-state index contributed by atoms with van der Waals surface area (Å²) in [6.45, 7) is 13.6. The lowest BCUT2D eigenvalue weighted by molar-refractivity contribution is -0.00809. The lowest BCUT2D eigenvalue weighted by Gasteiger charge is -2.41. The van der Waals surface area contributed by atoms with Crippen molar-refractivity contribution in [2.24, 2.45) is 5.41 Å². The normalized spacial score (nSPS) is 26.8. The third-order valence-corrected chi connectivity index (χ3v) is 6.96. The highest BCUT2D eigenvalue weighted by Crippen LogP contribution is 2.63. The summed E-state index contributed by atoms with van der Waals surface area (Å²) in [5.74, 6) is 0. The van der Waals surface area contributed by atoms with Crippen LogP contribution < -0.4 is 0 Å². The Kier molecular flexibility index (Phi) is 5.89. The van der Waals surface area contributed by atoms with Crippen molar-refractivity contribution in [2.45, 2.75) is 65.5 Å². The van der Waals surface area contributed by atoms with E-state index < -0.39 is 24.6 Å². The van der Waals surface area contributed by atoms with Crippen LogP contribution in [-0.2, 0) is 18.3 Å². The molecule has 2 atom stereocenters. The lowest BCUT2D eigenvalue weighted by atomic mass is 9.91. The van der Waals surface area contributed by atoms with Crippen molar-refractivity contribution in [3.05, 3.63) is 0 Å². The van der Waals surface area contributed by atoms with Crippen LogP contribution in [-0.4, -0.2) is 60.8 Å². The zero-order valence-electron chi connectivity index (χ0n) is 16.7. The molecule has 1 fully saturated rings. The number of amides is 1. The van der Waals surface area contributed by atoms with Crippen LogP contribution in [0.2, 0.25) is 0 Å². The van der Waals surface area contributed by atoms with E-state index in [4.69, 9.17) is 13.8 Å². The molecule has 1 rings (SSSR count). The molecule has 1 saturated heterocycles. The van der Waals surface area contributed by atoms with E-state index in [1.807, 2.05) is 53.5 Å². The smallest absolute Gasteiger partial charge is 0.411 e. The van der Waals surface area contributed by atoms with Gasteiger partial charge in [-0.25, -0.2) is 4.79 Å². The van der Waals surface area contributed by atoms with Gasteiger partial charge in [-0.2, -0.15) is 0 Å². The summed E-state index contributed by atoms with van der Waals surface area (Å²) >= 11 is 0. The summed E-state index contributed by atoms with van der Waals surface area (Å²) in [5.41, 5.74) is -0.890. The molecule has 0 aromatic heterocycles. The van der Waals surface area contributed by atoms with Crippen molar-refractivity contribution in [3.8, 4) is 0 Å². The first-order chi connectivity index (χ1) is 10.6. The van der Waals surface area contributed by atoms with Crippen LogP contribution in [0.4, 0.5) is 4.79 Å². The maximum atomic E-state index is 13.1. The molecule has 0 bridgehead atoms. The molecule has 7 nitrogen and oxygen atoms in total. The van der Waals surface area contributed by atoms with Gasteiger partial charge in [0.15, 0.2) is 0 Å². The maximum Gasteiger partial charge on any atom is 0.411 e.